The molecule has 0 saturated heterocycles. The van der Waals surface area contributed by atoms with Crippen molar-refractivity contribution < 1.29 is 9.53 Å². The number of ketones is 1. The van der Waals surface area contributed by atoms with E-state index in [9.17, 15) is 4.79 Å². The van der Waals surface area contributed by atoms with Gasteiger partial charge in [0.25, 0.3) is 0 Å². The van der Waals surface area contributed by atoms with Crippen LogP contribution in [0, 0.1) is 0 Å². The van der Waals surface area contributed by atoms with Crippen molar-refractivity contribution in [3.05, 3.63) is 48.5 Å². The van der Waals surface area contributed by atoms with E-state index >= 15 is 0 Å². The highest BCUT2D eigenvalue weighted by Crippen LogP contribution is 2.12. The Labute approximate surface area is 106 Å². The van der Waals surface area contributed by atoms with E-state index in [4.69, 9.17) is 4.74 Å². The average Bonchev–Trinajstić information content (AvgIpc) is 2.84. The largest absolute Gasteiger partial charge is 0.492 e. The number of aromatic nitrogens is 2. The lowest BCUT2D eigenvalue weighted by molar-refractivity contribution is -0.116. The minimum Gasteiger partial charge on any atom is -0.492 e. The van der Waals surface area contributed by atoms with Gasteiger partial charge in [-0.1, -0.05) is 12.1 Å². The summed E-state index contributed by atoms with van der Waals surface area (Å²) in [4.78, 5) is 14.9. The van der Waals surface area contributed by atoms with E-state index < -0.39 is 0 Å². The normalized spacial score (nSPS) is 10.3. The van der Waals surface area contributed by atoms with Crippen LogP contribution in [0.25, 0.3) is 0 Å². The number of ether oxygens (including phenoxy) is 1. The van der Waals surface area contributed by atoms with Crippen LogP contribution in [-0.2, 0) is 17.8 Å². The maximum Gasteiger partial charge on any atom is 0.134 e. The van der Waals surface area contributed by atoms with Crippen LogP contribution in [0.2, 0.25) is 0 Å². The summed E-state index contributed by atoms with van der Waals surface area (Å²) in [5.41, 5.74) is 1.02. The summed E-state index contributed by atoms with van der Waals surface area (Å²) in [5.74, 6) is 0.992. The van der Waals surface area contributed by atoms with Crippen LogP contribution in [0.4, 0.5) is 0 Å². The first-order valence-electron chi connectivity index (χ1n) is 5.91. The van der Waals surface area contributed by atoms with Crippen LogP contribution in [0.5, 0.6) is 5.75 Å². The third kappa shape index (κ3) is 3.73. The molecule has 2 rings (SSSR count). The maximum absolute atomic E-state index is 11.0. The zero-order valence-electron chi connectivity index (χ0n) is 10.4. The Kier molecular flexibility index (Phi) is 4.12. The summed E-state index contributed by atoms with van der Waals surface area (Å²) in [5, 5.41) is 0. The Morgan fingerprint density at radius 2 is 2.11 bits per heavy atom. The Morgan fingerprint density at radius 3 is 2.72 bits per heavy atom. The summed E-state index contributed by atoms with van der Waals surface area (Å²) < 4.78 is 7.57. The highest BCUT2D eigenvalue weighted by Gasteiger charge is 1.99. The molecular formula is C14H16N2O2. The second-order valence-corrected chi connectivity index (χ2v) is 4.17. The van der Waals surface area contributed by atoms with Crippen LogP contribution in [0.1, 0.15) is 12.5 Å². The Balaban J connectivity index is 1.81. The van der Waals surface area contributed by atoms with Gasteiger partial charge < -0.3 is 9.30 Å². The molecule has 94 valence electrons. The van der Waals surface area contributed by atoms with Gasteiger partial charge in [0.05, 0.1) is 12.9 Å². The molecule has 0 atom stereocenters. The molecule has 0 radical (unpaired) electrons. The van der Waals surface area contributed by atoms with Crippen molar-refractivity contribution in [2.75, 3.05) is 6.61 Å². The van der Waals surface area contributed by atoms with E-state index in [0.717, 1.165) is 17.9 Å². The number of carbonyl (C=O) groups is 1. The molecule has 2 aromatic rings. The van der Waals surface area contributed by atoms with Crippen LogP contribution < -0.4 is 4.74 Å². The molecule has 0 aliphatic heterocycles. The van der Waals surface area contributed by atoms with Gasteiger partial charge in [0.1, 0.15) is 18.1 Å². The van der Waals surface area contributed by atoms with Crippen LogP contribution in [0.3, 0.4) is 0 Å². The summed E-state index contributed by atoms with van der Waals surface area (Å²) in [7, 11) is 0. The lowest BCUT2D eigenvalue weighted by atomic mass is 10.1. The highest BCUT2D eigenvalue weighted by molar-refractivity contribution is 5.78. The van der Waals surface area contributed by atoms with Crippen molar-refractivity contribution in [3.8, 4) is 5.75 Å². The number of rotatable bonds is 6. The number of carbonyl (C=O) groups excluding carboxylic acids is 1. The molecule has 18 heavy (non-hydrogen) atoms. The zero-order chi connectivity index (χ0) is 12.8. The van der Waals surface area contributed by atoms with Crippen LogP contribution >= 0.6 is 0 Å². The quantitative estimate of drug-likeness (QED) is 0.781. The van der Waals surface area contributed by atoms with E-state index in [-0.39, 0.29) is 5.78 Å². The topological polar surface area (TPSA) is 44.1 Å². The van der Waals surface area contributed by atoms with E-state index in [0.29, 0.717) is 13.0 Å². The molecule has 0 unspecified atom stereocenters. The van der Waals surface area contributed by atoms with Crippen molar-refractivity contribution in [2.24, 2.45) is 0 Å². The monoisotopic (exact) mass is 244 g/mol. The number of Topliss-reactive ketones (excluding diaryl/α,β-unsaturated/α-hetero) is 1. The van der Waals surface area contributed by atoms with Gasteiger partial charge >= 0.3 is 0 Å². The summed E-state index contributed by atoms with van der Waals surface area (Å²) in [6.45, 7) is 2.97. The molecule has 0 bridgehead atoms. The summed E-state index contributed by atoms with van der Waals surface area (Å²) in [6, 6.07) is 7.64. The predicted molar refractivity (Wildman–Crippen MR) is 68.5 cm³/mol. The fourth-order valence-corrected chi connectivity index (χ4v) is 1.68. The molecule has 0 amide bonds. The Morgan fingerprint density at radius 1 is 1.33 bits per heavy atom. The number of imidazole rings is 1. The van der Waals surface area contributed by atoms with Crippen molar-refractivity contribution in [2.45, 2.75) is 19.9 Å². The lowest BCUT2D eigenvalue weighted by Gasteiger charge is -2.07. The Bertz CT molecular complexity index is 489. The molecule has 0 fully saturated rings. The fourth-order valence-electron chi connectivity index (χ4n) is 1.68. The first kappa shape index (κ1) is 12.4. The van der Waals surface area contributed by atoms with Gasteiger partial charge in [-0.15, -0.1) is 0 Å². The first-order valence-corrected chi connectivity index (χ1v) is 5.91. The molecule has 1 aromatic heterocycles. The summed E-state index contributed by atoms with van der Waals surface area (Å²) >= 11 is 0. The van der Waals surface area contributed by atoms with Crippen LogP contribution in [0.15, 0.2) is 43.0 Å². The molecule has 0 saturated carbocycles. The molecule has 1 heterocycles. The molecular weight excluding hydrogens is 228 g/mol. The molecule has 4 heteroatoms. The van der Waals surface area contributed by atoms with Crippen molar-refractivity contribution in [1.82, 2.24) is 9.55 Å². The van der Waals surface area contributed by atoms with E-state index in [1.165, 1.54) is 0 Å². The molecule has 0 aliphatic carbocycles. The van der Waals surface area contributed by atoms with Crippen LogP contribution in [-0.4, -0.2) is 21.9 Å². The van der Waals surface area contributed by atoms with Gasteiger partial charge in [0.15, 0.2) is 0 Å². The second kappa shape index (κ2) is 6.00. The predicted octanol–water partition coefficient (Wildman–Crippen LogP) is 2.09. The van der Waals surface area contributed by atoms with Gasteiger partial charge in [-0.05, 0) is 24.6 Å². The van der Waals surface area contributed by atoms with E-state index in [1.807, 2.05) is 35.0 Å². The zero-order valence-corrected chi connectivity index (χ0v) is 10.4. The maximum atomic E-state index is 11.0. The van der Waals surface area contributed by atoms with Gasteiger partial charge in [0.2, 0.25) is 0 Å². The minimum atomic E-state index is 0.170. The highest BCUT2D eigenvalue weighted by atomic mass is 16.5. The van der Waals surface area contributed by atoms with Gasteiger partial charge in [-0.3, -0.25) is 4.79 Å². The number of benzene rings is 1. The second-order valence-electron chi connectivity index (χ2n) is 4.17. The van der Waals surface area contributed by atoms with Crippen molar-refractivity contribution >= 4 is 5.78 Å². The molecule has 0 N–H and O–H groups in total. The van der Waals surface area contributed by atoms with Gasteiger partial charge in [0, 0.05) is 18.8 Å². The fraction of sp³-hybridized carbons (Fsp3) is 0.286. The SMILES string of the molecule is CC(=O)Cc1ccc(OCCn2ccnc2)cc1. The molecule has 1 aromatic carbocycles. The number of hydrogen-bond acceptors (Lipinski definition) is 3. The third-order valence-electron chi connectivity index (χ3n) is 2.55. The van der Waals surface area contributed by atoms with E-state index in [1.54, 1.807) is 19.4 Å². The summed E-state index contributed by atoms with van der Waals surface area (Å²) in [6.07, 6.45) is 5.89. The van der Waals surface area contributed by atoms with Gasteiger partial charge in [-0.25, -0.2) is 4.98 Å². The number of nitrogens with zero attached hydrogens (tertiary/aromatic N) is 2. The smallest absolute Gasteiger partial charge is 0.134 e. The van der Waals surface area contributed by atoms with Crippen molar-refractivity contribution in [1.29, 1.82) is 0 Å². The van der Waals surface area contributed by atoms with Gasteiger partial charge in [-0.2, -0.15) is 0 Å². The third-order valence-corrected chi connectivity index (χ3v) is 2.55. The van der Waals surface area contributed by atoms with E-state index in [2.05, 4.69) is 4.98 Å². The lowest BCUT2D eigenvalue weighted by Crippen LogP contribution is -2.06. The molecule has 0 spiro atoms. The average molecular weight is 244 g/mol. The Hall–Kier alpha value is -2.10. The van der Waals surface area contributed by atoms with Crippen molar-refractivity contribution in [3.63, 3.8) is 0 Å². The number of hydrogen-bond donors (Lipinski definition) is 0. The molecule has 4 nitrogen and oxygen atoms in total. The first-order chi connectivity index (χ1) is 8.74. The molecule has 0 aliphatic rings. The standard InChI is InChI=1S/C14H16N2O2/c1-12(17)10-13-2-4-14(5-3-13)18-9-8-16-7-6-15-11-16/h2-7,11H,8-10H2,1H3. The minimum absolute atomic E-state index is 0.170.